The van der Waals surface area contributed by atoms with E-state index in [4.69, 9.17) is 19.2 Å². The Kier molecular flexibility index (Phi) is 8.59. The van der Waals surface area contributed by atoms with Crippen LogP contribution in [0.2, 0.25) is 0 Å². The van der Waals surface area contributed by atoms with Gasteiger partial charge >= 0.3 is 12.1 Å². The van der Waals surface area contributed by atoms with Gasteiger partial charge in [-0.3, -0.25) is 4.90 Å². The van der Waals surface area contributed by atoms with E-state index in [9.17, 15) is 9.59 Å². The molecule has 1 unspecified atom stereocenters. The van der Waals surface area contributed by atoms with Crippen LogP contribution in [-0.4, -0.2) is 71.1 Å². The predicted molar refractivity (Wildman–Crippen MR) is 151 cm³/mol. The van der Waals surface area contributed by atoms with E-state index in [-0.39, 0.29) is 12.2 Å². The van der Waals surface area contributed by atoms with E-state index in [1.54, 1.807) is 15.9 Å². The average molecular weight is 641 g/mol. The van der Waals surface area contributed by atoms with Crippen LogP contribution in [0.25, 0.3) is 0 Å². The number of hydrogen-bond donors (Lipinski definition) is 0. The summed E-state index contributed by atoms with van der Waals surface area (Å²) in [5.74, 6) is 0.664. The fourth-order valence-corrected chi connectivity index (χ4v) is 5.80. The van der Waals surface area contributed by atoms with Gasteiger partial charge in [0.1, 0.15) is 21.9 Å². The molecule has 0 bridgehead atoms. The first-order valence-electron chi connectivity index (χ1n) is 12.5. The maximum absolute atomic E-state index is 12.7. The van der Waals surface area contributed by atoms with Gasteiger partial charge in [-0.05, 0) is 86.7 Å². The van der Waals surface area contributed by atoms with Crippen LogP contribution in [-0.2, 0) is 9.47 Å². The average Bonchev–Trinajstić information content (AvgIpc) is 3.55. The summed E-state index contributed by atoms with van der Waals surface area (Å²) in [4.78, 5) is 33.5. The lowest BCUT2D eigenvalue weighted by molar-refractivity contribution is -0.458. The lowest BCUT2D eigenvalue weighted by Gasteiger charge is -2.29. The number of amides is 1. The minimum Gasteiger partial charge on any atom is -0.481 e. The van der Waals surface area contributed by atoms with E-state index in [1.807, 2.05) is 52.9 Å². The lowest BCUT2D eigenvalue weighted by atomic mass is 10.1. The van der Waals surface area contributed by atoms with Gasteiger partial charge in [-0.2, -0.15) is 4.79 Å². The van der Waals surface area contributed by atoms with Gasteiger partial charge in [-0.15, -0.1) is 15.9 Å². The van der Waals surface area contributed by atoms with Crippen molar-refractivity contribution in [1.82, 2.24) is 9.88 Å². The van der Waals surface area contributed by atoms with Gasteiger partial charge in [-0.25, -0.2) is 9.78 Å². The quantitative estimate of drug-likeness (QED) is 0.223. The van der Waals surface area contributed by atoms with Gasteiger partial charge in [0.25, 0.3) is 0 Å². The molecule has 2 aromatic rings. The third-order valence-corrected chi connectivity index (χ3v) is 8.74. The van der Waals surface area contributed by atoms with Crippen LogP contribution in [0.15, 0.2) is 18.3 Å². The Balaban J connectivity index is 1.59. The molecule has 1 aliphatic heterocycles. The molecule has 2 aliphatic rings. The predicted octanol–water partition coefficient (Wildman–Crippen LogP) is 5.56. The molecule has 0 spiro atoms. The van der Waals surface area contributed by atoms with Gasteiger partial charge < -0.3 is 14.2 Å². The minimum atomic E-state index is -0.541. The molecule has 0 saturated heterocycles. The number of methoxy groups -OCH3 is 1. The summed E-state index contributed by atoms with van der Waals surface area (Å²) in [5, 5.41) is 0.890. The monoisotopic (exact) mass is 640 g/mol. The standard InChI is InChI=1S/C27H35IN3O5S/c1-16-11-21(19(12-20(16)28)25(32)34-6)35-22(24-29-13-23(37-24)18-7-8-18)15-30-9-10-31(17(2)14-30)26(33)36-27(3,4)5/h11-13,18,22H,7-10,14-15H2,1-6H3/q+1. The summed E-state index contributed by atoms with van der Waals surface area (Å²) in [6.07, 6.45) is 3.68. The number of thiazole rings is 1. The van der Waals surface area contributed by atoms with Crippen LogP contribution >= 0.6 is 33.9 Å². The molecule has 10 heteroatoms. The van der Waals surface area contributed by atoms with Crippen LogP contribution in [0.3, 0.4) is 0 Å². The Hall–Kier alpha value is -2.05. The molecule has 1 amide bonds. The number of carbonyl (C=O) groups excluding carboxylic acids is 2. The summed E-state index contributed by atoms with van der Waals surface area (Å²) >= 11 is 3.90. The summed E-state index contributed by atoms with van der Waals surface area (Å²) in [6, 6.07) is 3.71. The van der Waals surface area contributed by atoms with Crippen LogP contribution in [0.5, 0.6) is 5.75 Å². The topological polar surface area (TPSA) is 81.0 Å². The van der Waals surface area contributed by atoms with E-state index < -0.39 is 11.6 Å². The number of benzene rings is 1. The maximum atomic E-state index is 12.7. The molecule has 200 valence electrons. The molecule has 37 heavy (non-hydrogen) atoms. The largest absolute Gasteiger partial charge is 0.596 e. The zero-order valence-corrected chi connectivity index (χ0v) is 25.3. The third-order valence-electron chi connectivity index (χ3n) is 6.32. The fourth-order valence-electron chi connectivity index (χ4n) is 4.22. The maximum Gasteiger partial charge on any atom is 0.596 e. The van der Waals surface area contributed by atoms with Crippen molar-refractivity contribution in [1.29, 1.82) is 0 Å². The van der Waals surface area contributed by atoms with Crippen molar-refractivity contribution in [2.75, 3.05) is 33.3 Å². The summed E-state index contributed by atoms with van der Waals surface area (Å²) in [5.41, 5.74) is 1.81. The normalized spacial score (nSPS) is 17.5. The number of esters is 1. The van der Waals surface area contributed by atoms with E-state index in [2.05, 4.69) is 27.5 Å². The van der Waals surface area contributed by atoms with Gasteiger partial charge in [0.05, 0.1) is 20.2 Å². The molecule has 1 fully saturated rings. The van der Waals surface area contributed by atoms with Crippen LogP contribution in [0.4, 0.5) is 4.79 Å². The molecule has 4 rings (SSSR count). The van der Waals surface area contributed by atoms with Gasteiger partial charge in [0, 0.05) is 28.1 Å². The highest BCUT2D eigenvalue weighted by Gasteiger charge is 2.35. The number of carbonyl (C=O) groups is 2. The smallest absolute Gasteiger partial charge is 0.481 e. The van der Waals surface area contributed by atoms with Crippen molar-refractivity contribution in [3.05, 3.63) is 42.9 Å². The zero-order chi connectivity index (χ0) is 26.9. The number of ether oxygens (including phenoxy) is 3. The van der Waals surface area contributed by atoms with Crippen LogP contribution in [0.1, 0.15) is 78.4 Å². The molecular formula is C27H35IN3O5S+. The number of hydrogen-bond acceptors (Lipinski definition) is 8. The molecule has 1 aliphatic carbocycles. The lowest BCUT2D eigenvalue weighted by Crippen LogP contribution is -2.48. The number of nitrogens with zero attached hydrogens (tertiary/aromatic N) is 3. The van der Waals surface area contributed by atoms with Gasteiger partial charge in [0.2, 0.25) is 0 Å². The summed E-state index contributed by atoms with van der Waals surface area (Å²) in [6.45, 7) is 12.0. The number of aromatic nitrogens is 1. The molecule has 2 heterocycles. The zero-order valence-electron chi connectivity index (χ0n) is 22.3. The second-order valence-electron chi connectivity index (χ2n) is 10.7. The second kappa shape index (κ2) is 11.4. The second-order valence-corrected chi connectivity index (χ2v) is 12.9. The van der Waals surface area contributed by atoms with E-state index in [0.717, 1.165) is 19.9 Å². The number of aryl methyl sites for hydroxylation is 1. The van der Waals surface area contributed by atoms with Crippen molar-refractivity contribution in [2.24, 2.45) is 0 Å². The Bertz CT molecular complexity index is 1220. The van der Waals surface area contributed by atoms with Gasteiger partial charge in [0.15, 0.2) is 18.4 Å². The van der Waals surface area contributed by atoms with Crippen molar-refractivity contribution >= 4 is 51.7 Å². The highest BCUT2D eigenvalue weighted by atomic mass is 127. The Morgan fingerprint density at radius 1 is 1.27 bits per heavy atom. The number of halogens is 1. The highest BCUT2D eigenvalue weighted by molar-refractivity contribution is 14.1. The Morgan fingerprint density at radius 2 is 2.00 bits per heavy atom. The van der Waals surface area contributed by atoms with E-state index in [1.165, 1.54) is 24.8 Å². The first-order valence-corrected chi connectivity index (χ1v) is 14.4. The summed E-state index contributed by atoms with van der Waals surface area (Å²) in [7, 11) is 1.38. The first kappa shape index (κ1) is 28.0. The first-order chi connectivity index (χ1) is 17.4. The Labute approximate surface area is 236 Å². The highest BCUT2D eigenvalue weighted by Crippen LogP contribution is 2.44. The molecule has 1 aromatic heterocycles. The fraction of sp³-hybridized carbons (Fsp3) is 0.556. The molecular weight excluding hydrogens is 605 g/mol. The van der Waals surface area contributed by atoms with E-state index in [0.29, 0.717) is 43.4 Å². The van der Waals surface area contributed by atoms with Crippen molar-refractivity contribution < 1.29 is 28.4 Å². The molecule has 0 radical (unpaired) electrons. The van der Waals surface area contributed by atoms with Crippen LogP contribution < -0.4 is 4.74 Å². The van der Waals surface area contributed by atoms with Crippen molar-refractivity contribution in [3.8, 4) is 5.75 Å². The molecule has 1 saturated carbocycles. The third kappa shape index (κ3) is 7.08. The summed E-state index contributed by atoms with van der Waals surface area (Å²) < 4.78 is 19.9. The van der Waals surface area contributed by atoms with Crippen molar-refractivity contribution in [2.45, 2.75) is 65.1 Å². The van der Waals surface area contributed by atoms with Crippen LogP contribution in [0, 0.1) is 10.5 Å². The Morgan fingerprint density at radius 3 is 2.62 bits per heavy atom. The molecule has 1 aromatic carbocycles. The minimum absolute atomic E-state index is 0.316. The molecule has 8 nitrogen and oxygen atoms in total. The molecule has 0 N–H and O–H groups in total. The van der Waals surface area contributed by atoms with Crippen molar-refractivity contribution in [3.63, 3.8) is 0 Å². The SMILES string of the molecule is COC(=O)c1cc(I)c(C)cc1OC(CN1CC[N+](C(=O)OC(C)(C)C)=C(C)C1)c1ncc(C2CC2)s1. The van der Waals surface area contributed by atoms with Gasteiger partial charge in [-0.1, -0.05) is 0 Å². The van der Waals surface area contributed by atoms with E-state index >= 15 is 0 Å². The molecule has 1 atom stereocenters. The number of rotatable bonds is 7.